The van der Waals surface area contributed by atoms with E-state index in [9.17, 15) is 4.79 Å². The van der Waals surface area contributed by atoms with Gasteiger partial charge in [0.15, 0.2) is 11.4 Å². The van der Waals surface area contributed by atoms with Gasteiger partial charge in [-0.3, -0.25) is 9.78 Å². The van der Waals surface area contributed by atoms with Gasteiger partial charge in [0.05, 0.1) is 11.9 Å². The summed E-state index contributed by atoms with van der Waals surface area (Å²) in [4.78, 5) is 26.3. The zero-order valence-corrected chi connectivity index (χ0v) is 18.0. The topological polar surface area (TPSA) is 53.7 Å². The summed E-state index contributed by atoms with van der Waals surface area (Å²) in [5.74, 6) is 0.0883. The number of nitrogens with zero attached hydrogens (tertiary/aromatic N) is 5. The first-order valence-electron chi connectivity index (χ1n) is 10.6. The van der Waals surface area contributed by atoms with Crippen molar-refractivity contribution in [3.63, 3.8) is 0 Å². The van der Waals surface area contributed by atoms with Crippen LogP contribution in [-0.2, 0) is 4.79 Å². The molecule has 2 aromatic heterocycles. The highest BCUT2D eigenvalue weighted by Crippen LogP contribution is 2.26. The number of likely N-dealkylation sites (N-methyl/N-ethyl adjacent to an activating group) is 1. The summed E-state index contributed by atoms with van der Waals surface area (Å²) >= 11 is 0. The average molecular weight is 404 g/mol. The molecule has 0 atom stereocenters. The molecule has 3 heterocycles. The molecule has 0 saturated carbocycles. The fourth-order valence-corrected chi connectivity index (χ4v) is 3.94. The molecular weight excluding hydrogens is 374 g/mol. The molecule has 0 N–H and O–H groups in total. The molecule has 1 aliphatic rings. The van der Waals surface area contributed by atoms with Gasteiger partial charge in [-0.25, -0.2) is 4.98 Å². The van der Waals surface area contributed by atoms with Crippen LogP contribution in [0, 0.1) is 6.92 Å². The SMILES string of the molecule is CCC(=O)/C(=C\c1ccc(N2CCCN(C)CC2)cc1C)c1cn2ccncc2n1. The van der Waals surface area contributed by atoms with Gasteiger partial charge in [0, 0.05) is 55.9 Å². The summed E-state index contributed by atoms with van der Waals surface area (Å²) in [6.07, 6.45) is 10.8. The highest BCUT2D eigenvalue weighted by Gasteiger charge is 2.16. The molecule has 6 heteroatoms. The first kappa shape index (κ1) is 20.3. The Kier molecular flexibility index (Phi) is 5.95. The van der Waals surface area contributed by atoms with Crippen LogP contribution >= 0.6 is 0 Å². The largest absolute Gasteiger partial charge is 0.370 e. The summed E-state index contributed by atoms with van der Waals surface area (Å²) in [5, 5.41) is 0. The molecule has 3 aromatic rings. The van der Waals surface area contributed by atoms with Crippen LogP contribution in [0.25, 0.3) is 17.3 Å². The lowest BCUT2D eigenvalue weighted by atomic mass is 9.99. The van der Waals surface area contributed by atoms with Crippen molar-refractivity contribution >= 4 is 28.8 Å². The van der Waals surface area contributed by atoms with Crippen molar-refractivity contribution in [3.05, 3.63) is 59.8 Å². The monoisotopic (exact) mass is 403 g/mol. The third-order valence-electron chi connectivity index (χ3n) is 5.80. The second-order valence-corrected chi connectivity index (χ2v) is 7.99. The molecule has 0 amide bonds. The number of hydrogen-bond donors (Lipinski definition) is 0. The summed E-state index contributed by atoms with van der Waals surface area (Å²) < 4.78 is 1.89. The minimum absolute atomic E-state index is 0.0883. The smallest absolute Gasteiger partial charge is 0.164 e. The van der Waals surface area contributed by atoms with Gasteiger partial charge in [0.1, 0.15) is 0 Å². The Bertz CT molecular complexity index is 1050. The summed E-state index contributed by atoms with van der Waals surface area (Å²) in [5.41, 5.74) is 5.54. The number of allylic oxidation sites excluding steroid dienone is 1. The van der Waals surface area contributed by atoms with E-state index in [0.29, 0.717) is 17.7 Å². The molecule has 1 aliphatic heterocycles. The second-order valence-electron chi connectivity index (χ2n) is 7.99. The molecule has 1 aromatic carbocycles. The van der Waals surface area contributed by atoms with Crippen LogP contribution in [-0.4, -0.2) is 58.3 Å². The van der Waals surface area contributed by atoms with Crippen molar-refractivity contribution in [2.24, 2.45) is 0 Å². The zero-order chi connectivity index (χ0) is 21.1. The van der Waals surface area contributed by atoms with E-state index in [2.05, 4.69) is 51.9 Å². The van der Waals surface area contributed by atoms with Crippen LogP contribution in [0.5, 0.6) is 0 Å². The van der Waals surface area contributed by atoms with Crippen molar-refractivity contribution in [2.75, 3.05) is 38.1 Å². The Labute approximate surface area is 177 Å². The maximum Gasteiger partial charge on any atom is 0.164 e. The molecule has 0 radical (unpaired) electrons. The number of benzene rings is 1. The summed E-state index contributed by atoms with van der Waals surface area (Å²) in [6, 6.07) is 6.53. The lowest BCUT2D eigenvalue weighted by Crippen LogP contribution is -2.28. The van der Waals surface area contributed by atoms with Crippen LogP contribution in [0.4, 0.5) is 5.69 Å². The van der Waals surface area contributed by atoms with Crippen LogP contribution in [0.1, 0.15) is 36.6 Å². The van der Waals surface area contributed by atoms with E-state index in [4.69, 9.17) is 0 Å². The van der Waals surface area contributed by atoms with Gasteiger partial charge in [0.2, 0.25) is 0 Å². The quantitative estimate of drug-likeness (QED) is 0.608. The Morgan fingerprint density at radius 2 is 2.07 bits per heavy atom. The van der Waals surface area contributed by atoms with E-state index in [-0.39, 0.29) is 5.78 Å². The van der Waals surface area contributed by atoms with Gasteiger partial charge in [-0.1, -0.05) is 13.0 Å². The van der Waals surface area contributed by atoms with E-state index in [1.807, 2.05) is 29.8 Å². The van der Waals surface area contributed by atoms with E-state index in [1.165, 1.54) is 12.1 Å². The second kappa shape index (κ2) is 8.79. The highest BCUT2D eigenvalue weighted by molar-refractivity contribution is 6.24. The van der Waals surface area contributed by atoms with Crippen LogP contribution in [0.3, 0.4) is 0 Å². The highest BCUT2D eigenvalue weighted by atomic mass is 16.1. The molecule has 1 saturated heterocycles. The molecule has 0 spiro atoms. The normalized spacial score (nSPS) is 16.1. The Morgan fingerprint density at radius 1 is 1.20 bits per heavy atom. The number of carbonyl (C=O) groups is 1. The first-order chi connectivity index (χ1) is 14.5. The number of Topliss-reactive ketones (excluding diaryl/α,β-unsaturated/α-hetero) is 1. The standard InChI is InChI=1S/C24H29N5O/c1-4-23(30)21(22-17-29-11-8-25-16-24(29)26-22)15-19-6-7-20(14-18(19)2)28-10-5-9-27(3)12-13-28/h6-8,11,14-17H,4-5,9-10,12-13H2,1-3H3/b21-15-. The molecule has 0 bridgehead atoms. The lowest BCUT2D eigenvalue weighted by Gasteiger charge is -2.23. The van der Waals surface area contributed by atoms with Crippen molar-refractivity contribution in [1.82, 2.24) is 19.3 Å². The summed E-state index contributed by atoms with van der Waals surface area (Å²) in [7, 11) is 2.18. The number of imidazole rings is 1. The zero-order valence-electron chi connectivity index (χ0n) is 18.0. The van der Waals surface area contributed by atoms with Gasteiger partial charge in [0.25, 0.3) is 0 Å². The van der Waals surface area contributed by atoms with E-state index < -0.39 is 0 Å². The van der Waals surface area contributed by atoms with Gasteiger partial charge < -0.3 is 14.2 Å². The Morgan fingerprint density at radius 3 is 2.83 bits per heavy atom. The van der Waals surface area contributed by atoms with Crippen molar-refractivity contribution in [2.45, 2.75) is 26.7 Å². The molecule has 6 nitrogen and oxygen atoms in total. The number of fused-ring (bicyclic) bond motifs is 1. The number of rotatable bonds is 5. The number of aromatic nitrogens is 3. The van der Waals surface area contributed by atoms with Crippen LogP contribution < -0.4 is 4.90 Å². The van der Waals surface area contributed by atoms with Crippen molar-refractivity contribution < 1.29 is 4.79 Å². The summed E-state index contributed by atoms with van der Waals surface area (Å²) in [6.45, 7) is 8.35. The number of aryl methyl sites for hydroxylation is 1. The maximum atomic E-state index is 12.7. The molecule has 1 fully saturated rings. The van der Waals surface area contributed by atoms with E-state index in [1.54, 1.807) is 12.4 Å². The van der Waals surface area contributed by atoms with E-state index in [0.717, 1.165) is 43.0 Å². The molecule has 0 unspecified atom stereocenters. The van der Waals surface area contributed by atoms with Crippen LogP contribution in [0.15, 0.2) is 43.0 Å². The lowest BCUT2D eigenvalue weighted by molar-refractivity contribution is -0.113. The fourth-order valence-electron chi connectivity index (χ4n) is 3.94. The van der Waals surface area contributed by atoms with Crippen molar-refractivity contribution in [1.29, 1.82) is 0 Å². The van der Waals surface area contributed by atoms with Crippen LogP contribution in [0.2, 0.25) is 0 Å². The van der Waals surface area contributed by atoms with E-state index >= 15 is 0 Å². The third-order valence-corrected chi connectivity index (χ3v) is 5.80. The maximum absolute atomic E-state index is 12.7. The average Bonchev–Trinajstić information content (AvgIpc) is 3.06. The number of hydrogen-bond acceptors (Lipinski definition) is 5. The number of anilines is 1. The molecule has 4 rings (SSSR count). The molecular formula is C24H29N5O. The molecule has 30 heavy (non-hydrogen) atoms. The fraction of sp³-hybridized carbons (Fsp3) is 0.375. The molecule has 156 valence electrons. The van der Waals surface area contributed by atoms with Crippen molar-refractivity contribution in [3.8, 4) is 0 Å². The number of carbonyl (C=O) groups excluding carboxylic acids is 1. The minimum Gasteiger partial charge on any atom is -0.370 e. The van der Waals surface area contributed by atoms with Gasteiger partial charge in [-0.2, -0.15) is 0 Å². The third kappa shape index (κ3) is 4.28. The predicted molar refractivity (Wildman–Crippen MR) is 122 cm³/mol. The minimum atomic E-state index is 0.0883. The van der Waals surface area contributed by atoms with Gasteiger partial charge >= 0.3 is 0 Å². The first-order valence-corrected chi connectivity index (χ1v) is 10.6. The van der Waals surface area contributed by atoms with Gasteiger partial charge in [-0.15, -0.1) is 0 Å². The Hall–Kier alpha value is -2.99. The Balaban J connectivity index is 1.67. The number of ketones is 1. The van der Waals surface area contributed by atoms with Gasteiger partial charge in [-0.05, 0) is 56.3 Å². The predicted octanol–water partition coefficient (Wildman–Crippen LogP) is 3.70. The molecule has 0 aliphatic carbocycles.